The summed E-state index contributed by atoms with van der Waals surface area (Å²) in [7, 11) is 1.28. The summed E-state index contributed by atoms with van der Waals surface area (Å²) in [4.78, 5) is 44.4. The van der Waals surface area contributed by atoms with E-state index in [-0.39, 0.29) is 17.8 Å². The molecular weight excluding hydrogens is 536 g/mol. The number of aromatic nitrogens is 8. The van der Waals surface area contributed by atoms with Crippen molar-refractivity contribution in [2.75, 3.05) is 7.11 Å². The van der Waals surface area contributed by atoms with E-state index < -0.39 is 11.7 Å². The Morgan fingerprint density at radius 3 is 2.45 bits per heavy atom. The van der Waals surface area contributed by atoms with E-state index in [0.717, 1.165) is 47.9 Å². The summed E-state index contributed by atoms with van der Waals surface area (Å²) in [6.07, 6.45) is 4.40. The first-order chi connectivity index (χ1) is 20.5. The van der Waals surface area contributed by atoms with E-state index in [1.165, 1.54) is 16.2 Å². The topological polar surface area (TPSA) is 143 Å². The summed E-state index contributed by atoms with van der Waals surface area (Å²) in [5, 5.41) is 14.3. The lowest BCUT2D eigenvalue weighted by molar-refractivity contribution is -0.141. The number of fused-ring (bicyclic) bond motifs is 1. The Bertz CT molecular complexity index is 1850. The van der Waals surface area contributed by atoms with Crippen LogP contribution in [0, 0.1) is 5.92 Å². The first-order valence-corrected chi connectivity index (χ1v) is 14.2. The summed E-state index contributed by atoms with van der Waals surface area (Å²) in [6, 6.07) is 16.0. The number of esters is 1. The van der Waals surface area contributed by atoms with E-state index >= 15 is 0 Å². The van der Waals surface area contributed by atoms with Gasteiger partial charge in [-0.15, -0.1) is 5.10 Å². The van der Waals surface area contributed by atoms with Crippen molar-refractivity contribution in [1.82, 2.24) is 39.3 Å². The standard InChI is InChI=1S/C30H32N8O4/c1-3-4-9-24-31-28-26(29(40)38(17-19-10-11-19)30(41)37(28)18-25(39)42-2)36(24)16-20-12-14-21(15-13-20)22-7-5-6-8-23(22)27-32-34-35-33-27/h5-8,12-15,19H,3-4,9-11,16-18H2,1-2H3,(H,32,33,34,35). The number of H-pyrrole nitrogens is 1. The summed E-state index contributed by atoms with van der Waals surface area (Å²) in [5.74, 6) is 1.01. The van der Waals surface area contributed by atoms with E-state index in [4.69, 9.17) is 9.72 Å². The highest BCUT2D eigenvalue weighted by Crippen LogP contribution is 2.31. The molecule has 0 radical (unpaired) electrons. The van der Waals surface area contributed by atoms with Crippen molar-refractivity contribution in [2.45, 2.75) is 58.7 Å². The number of rotatable bonds is 11. The number of nitrogens with one attached hydrogen (secondary N) is 1. The van der Waals surface area contributed by atoms with E-state index in [1.54, 1.807) is 0 Å². The molecule has 1 fully saturated rings. The highest BCUT2D eigenvalue weighted by molar-refractivity contribution is 5.80. The number of tetrazole rings is 1. The highest BCUT2D eigenvalue weighted by Gasteiger charge is 2.28. The lowest BCUT2D eigenvalue weighted by Gasteiger charge is -2.13. The molecule has 6 rings (SSSR count). The molecule has 216 valence electrons. The predicted octanol–water partition coefficient (Wildman–Crippen LogP) is 3.18. The first-order valence-electron chi connectivity index (χ1n) is 14.2. The van der Waals surface area contributed by atoms with Gasteiger partial charge < -0.3 is 9.30 Å². The number of unbranched alkanes of at least 4 members (excludes halogenated alkanes) is 1. The van der Waals surface area contributed by atoms with Crippen LogP contribution in [0.3, 0.4) is 0 Å². The molecule has 3 heterocycles. The number of ether oxygens (including phenoxy) is 1. The second-order valence-corrected chi connectivity index (χ2v) is 10.7. The number of hydrogen-bond donors (Lipinski definition) is 1. The van der Waals surface area contributed by atoms with Crippen LogP contribution in [-0.2, 0) is 35.6 Å². The fraction of sp³-hybridized carbons (Fsp3) is 0.367. The number of carbonyl (C=O) groups excluding carboxylic acids is 1. The molecule has 1 N–H and O–H groups in total. The Morgan fingerprint density at radius 2 is 1.79 bits per heavy atom. The van der Waals surface area contributed by atoms with Crippen LogP contribution in [-0.4, -0.2) is 52.4 Å². The Labute approximate surface area is 241 Å². The number of methoxy groups -OCH3 is 1. The molecule has 1 saturated carbocycles. The quantitative estimate of drug-likeness (QED) is 0.239. The van der Waals surface area contributed by atoms with E-state index in [9.17, 15) is 14.4 Å². The van der Waals surface area contributed by atoms with E-state index in [0.29, 0.717) is 42.6 Å². The van der Waals surface area contributed by atoms with Gasteiger partial charge in [-0.25, -0.2) is 14.9 Å². The molecule has 2 aromatic carbocycles. The molecule has 1 aliphatic carbocycles. The zero-order valence-electron chi connectivity index (χ0n) is 23.6. The lowest BCUT2D eigenvalue weighted by atomic mass is 9.98. The Kier molecular flexibility index (Phi) is 7.51. The Hall–Kier alpha value is -4.87. The largest absolute Gasteiger partial charge is 0.468 e. The first kappa shape index (κ1) is 27.3. The predicted molar refractivity (Wildman–Crippen MR) is 156 cm³/mol. The minimum absolute atomic E-state index is 0.222. The van der Waals surface area contributed by atoms with Gasteiger partial charge in [0.1, 0.15) is 12.4 Å². The van der Waals surface area contributed by atoms with Crippen LogP contribution in [0.15, 0.2) is 58.1 Å². The molecule has 0 aliphatic heterocycles. The van der Waals surface area contributed by atoms with E-state index in [2.05, 4.69) is 27.5 Å². The third-order valence-electron chi connectivity index (χ3n) is 7.73. The molecule has 1 aliphatic rings. The number of hydrogen-bond acceptors (Lipinski definition) is 8. The van der Waals surface area contributed by atoms with E-state index in [1.807, 2.05) is 53.1 Å². The Morgan fingerprint density at radius 1 is 1.02 bits per heavy atom. The van der Waals surface area contributed by atoms with Gasteiger partial charge in [0.15, 0.2) is 17.0 Å². The van der Waals surface area contributed by atoms with Crippen LogP contribution in [0.4, 0.5) is 0 Å². The molecule has 3 aromatic heterocycles. The number of imidazole rings is 1. The van der Waals surface area contributed by atoms with Crippen LogP contribution in [0.1, 0.15) is 44.0 Å². The average Bonchev–Trinajstić information content (AvgIpc) is 3.52. The van der Waals surface area contributed by atoms with Crippen LogP contribution in [0.2, 0.25) is 0 Å². The number of nitrogens with zero attached hydrogens (tertiary/aromatic N) is 7. The van der Waals surface area contributed by atoms with Crippen LogP contribution in [0.25, 0.3) is 33.7 Å². The third-order valence-corrected chi connectivity index (χ3v) is 7.73. The molecule has 12 nitrogen and oxygen atoms in total. The minimum atomic E-state index is -0.573. The van der Waals surface area contributed by atoms with Crippen molar-refractivity contribution in [3.05, 3.63) is 80.8 Å². The van der Waals surface area contributed by atoms with Crippen molar-refractivity contribution < 1.29 is 9.53 Å². The van der Waals surface area contributed by atoms with Crippen molar-refractivity contribution in [2.24, 2.45) is 5.92 Å². The van der Waals surface area contributed by atoms with Gasteiger partial charge in [-0.1, -0.05) is 61.9 Å². The number of benzene rings is 2. The van der Waals surface area contributed by atoms with Gasteiger partial charge in [0.25, 0.3) is 5.56 Å². The number of carbonyl (C=O) groups is 1. The molecule has 0 spiro atoms. The maximum Gasteiger partial charge on any atom is 0.333 e. The van der Waals surface area contributed by atoms with Crippen molar-refractivity contribution >= 4 is 17.1 Å². The fourth-order valence-electron chi connectivity index (χ4n) is 5.27. The van der Waals surface area contributed by atoms with Gasteiger partial charge >= 0.3 is 11.7 Å². The van der Waals surface area contributed by atoms with Crippen molar-refractivity contribution in [1.29, 1.82) is 0 Å². The zero-order chi connectivity index (χ0) is 29.2. The summed E-state index contributed by atoms with van der Waals surface area (Å²) in [6.45, 7) is 2.50. The average molecular weight is 569 g/mol. The lowest BCUT2D eigenvalue weighted by Crippen LogP contribution is -2.42. The van der Waals surface area contributed by atoms with Crippen LogP contribution in [0.5, 0.6) is 0 Å². The molecule has 42 heavy (non-hydrogen) atoms. The molecule has 0 unspecified atom stereocenters. The number of aryl methyl sites for hydroxylation is 1. The second-order valence-electron chi connectivity index (χ2n) is 10.7. The molecule has 12 heteroatoms. The van der Waals surface area contributed by atoms with Crippen LogP contribution < -0.4 is 11.2 Å². The van der Waals surface area contributed by atoms with Gasteiger partial charge in [0.05, 0.1) is 7.11 Å². The van der Waals surface area contributed by atoms with Crippen molar-refractivity contribution in [3.8, 4) is 22.5 Å². The Balaban J connectivity index is 1.43. The fourth-order valence-corrected chi connectivity index (χ4v) is 5.27. The monoisotopic (exact) mass is 568 g/mol. The minimum Gasteiger partial charge on any atom is -0.468 e. The third kappa shape index (κ3) is 5.27. The number of aromatic amines is 1. The van der Waals surface area contributed by atoms with Gasteiger partial charge in [-0.2, -0.15) is 0 Å². The molecule has 0 saturated heterocycles. The molecule has 0 atom stereocenters. The molecule has 0 bridgehead atoms. The maximum absolute atomic E-state index is 13.9. The van der Waals surface area contributed by atoms with Gasteiger partial charge in [-0.3, -0.25) is 18.7 Å². The van der Waals surface area contributed by atoms with Gasteiger partial charge in [0, 0.05) is 25.1 Å². The molecule has 0 amide bonds. The maximum atomic E-state index is 13.9. The summed E-state index contributed by atoms with van der Waals surface area (Å²) >= 11 is 0. The smallest absolute Gasteiger partial charge is 0.333 e. The second kappa shape index (κ2) is 11.6. The molecule has 5 aromatic rings. The van der Waals surface area contributed by atoms with Crippen molar-refractivity contribution in [3.63, 3.8) is 0 Å². The summed E-state index contributed by atoms with van der Waals surface area (Å²) in [5.41, 5.74) is 3.48. The normalized spacial score (nSPS) is 13.1. The molecular formula is C30H32N8O4. The SMILES string of the molecule is CCCCc1nc2c(c(=O)n(CC3CC3)c(=O)n2CC(=O)OC)n1Cc1ccc(-c2ccccc2-c2nnn[nH]2)cc1. The highest BCUT2D eigenvalue weighted by atomic mass is 16.5. The summed E-state index contributed by atoms with van der Waals surface area (Å²) < 4.78 is 9.33. The van der Waals surface area contributed by atoms with Gasteiger partial charge in [0.2, 0.25) is 0 Å². The van der Waals surface area contributed by atoms with Crippen LogP contribution >= 0.6 is 0 Å². The zero-order valence-corrected chi connectivity index (χ0v) is 23.6. The van der Waals surface area contributed by atoms with Gasteiger partial charge in [-0.05, 0) is 52.3 Å².